The fourth-order valence-corrected chi connectivity index (χ4v) is 2.83. The molecule has 0 radical (unpaired) electrons. The molecule has 0 bridgehead atoms. The first-order valence-corrected chi connectivity index (χ1v) is 7.46. The highest BCUT2D eigenvalue weighted by molar-refractivity contribution is 5.74. The Morgan fingerprint density at radius 3 is 2.80 bits per heavy atom. The zero-order chi connectivity index (χ0) is 14.9. The molecule has 5 heteroatoms. The van der Waals surface area contributed by atoms with Gasteiger partial charge in [0.05, 0.1) is 12.2 Å². The molecule has 0 fully saturated rings. The van der Waals surface area contributed by atoms with Gasteiger partial charge in [0.25, 0.3) is 0 Å². The number of carbonyl (C=O) groups excluding carboxylic acids is 1. The van der Waals surface area contributed by atoms with Crippen LogP contribution in [0.2, 0.25) is 0 Å². The topological polar surface area (TPSA) is 50.2 Å². The quantitative estimate of drug-likeness (QED) is 0.907. The van der Waals surface area contributed by atoms with E-state index in [1.165, 1.54) is 11.3 Å². The SMILES string of the molecule is CC(=O)N1Cc2c(nn(CCNC(C)C)c2C)C[C@H]1C. The van der Waals surface area contributed by atoms with Gasteiger partial charge in [-0.15, -0.1) is 0 Å². The van der Waals surface area contributed by atoms with Crippen LogP contribution in [-0.2, 0) is 24.3 Å². The van der Waals surface area contributed by atoms with E-state index in [0.29, 0.717) is 12.6 Å². The van der Waals surface area contributed by atoms with E-state index in [-0.39, 0.29) is 11.9 Å². The molecule has 1 aliphatic heterocycles. The summed E-state index contributed by atoms with van der Waals surface area (Å²) in [4.78, 5) is 13.6. The van der Waals surface area contributed by atoms with Gasteiger partial charge in [0.1, 0.15) is 0 Å². The fraction of sp³-hybridized carbons (Fsp3) is 0.733. The fourth-order valence-electron chi connectivity index (χ4n) is 2.83. The summed E-state index contributed by atoms with van der Waals surface area (Å²) in [6.45, 7) is 12.6. The molecule has 112 valence electrons. The second kappa shape index (κ2) is 5.95. The lowest BCUT2D eigenvalue weighted by atomic mass is 10.00. The van der Waals surface area contributed by atoms with E-state index < -0.39 is 0 Å². The van der Waals surface area contributed by atoms with Crippen molar-refractivity contribution >= 4 is 5.91 Å². The number of nitrogens with zero attached hydrogens (tertiary/aromatic N) is 3. The molecule has 0 saturated heterocycles. The predicted molar refractivity (Wildman–Crippen MR) is 79.5 cm³/mol. The molecule has 0 saturated carbocycles. The van der Waals surface area contributed by atoms with Gasteiger partial charge in [-0.1, -0.05) is 13.8 Å². The van der Waals surface area contributed by atoms with Crippen molar-refractivity contribution in [1.29, 1.82) is 0 Å². The maximum absolute atomic E-state index is 11.7. The third-order valence-corrected chi connectivity index (χ3v) is 4.04. The third kappa shape index (κ3) is 3.03. The van der Waals surface area contributed by atoms with Crippen LogP contribution in [-0.4, -0.2) is 39.2 Å². The molecule has 1 aromatic heterocycles. The van der Waals surface area contributed by atoms with E-state index in [4.69, 9.17) is 5.10 Å². The molecule has 0 unspecified atom stereocenters. The number of amides is 1. The van der Waals surface area contributed by atoms with Crippen LogP contribution in [0.4, 0.5) is 0 Å². The average Bonchev–Trinajstić information content (AvgIpc) is 2.64. The normalized spacial score (nSPS) is 18.5. The van der Waals surface area contributed by atoms with Crippen molar-refractivity contribution in [2.45, 2.75) is 66.2 Å². The van der Waals surface area contributed by atoms with Crippen molar-refractivity contribution in [3.05, 3.63) is 17.0 Å². The zero-order valence-corrected chi connectivity index (χ0v) is 13.2. The highest BCUT2D eigenvalue weighted by Crippen LogP contribution is 2.25. The lowest BCUT2D eigenvalue weighted by Gasteiger charge is -2.32. The second-order valence-corrected chi connectivity index (χ2v) is 6.04. The van der Waals surface area contributed by atoms with Gasteiger partial charge >= 0.3 is 0 Å². The maximum atomic E-state index is 11.7. The second-order valence-electron chi connectivity index (χ2n) is 6.04. The van der Waals surface area contributed by atoms with Crippen LogP contribution >= 0.6 is 0 Å². The molecule has 1 atom stereocenters. The number of aromatic nitrogens is 2. The van der Waals surface area contributed by atoms with Gasteiger partial charge < -0.3 is 10.2 Å². The third-order valence-electron chi connectivity index (χ3n) is 4.04. The summed E-state index contributed by atoms with van der Waals surface area (Å²) in [6, 6.07) is 0.741. The predicted octanol–water partition coefficient (Wildman–Crippen LogP) is 1.48. The van der Waals surface area contributed by atoms with Crippen LogP contribution in [0.5, 0.6) is 0 Å². The molecule has 0 aliphatic carbocycles. The highest BCUT2D eigenvalue weighted by Gasteiger charge is 2.28. The van der Waals surface area contributed by atoms with Crippen LogP contribution in [0.25, 0.3) is 0 Å². The number of nitrogens with one attached hydrogen (secondary N) is 1. The Kier molecular flexibility index (Phi) is 4.48. The molecule has 0 aromatic carbocycles. The largest absolute Gasteiger partial charge is 0.335 e. The smallest absolute Gasteiger partial charge is 0.219 e. The molecule has 5 nitrogen and oxygen atoms in total. The van der Waals surface area contributed by atoms with E-state index in [2.05, 4.69) is 37.7 Å². The minimum Gasteiger partial charge on any atom is -0.335 e. The lowest BCUT2D eigenvalue weighted by Crippen LogP contribution is -2.41. The molecular formula is C15H26N4O. The Balaban J connectivity index is 2.13. The van der Waals surface area contributed by atoms with Crippen molar-refractivity contribution in [2.24, 2.45) is 0 Å². The Bertz CT molecular complexity index is 492. The molecule has 2 rings (SSSR count). The molecule has 20 heavy (non-hydrogen) atoms. The first-order chi connectivity index (χ1) is 9.40. The molecule has 1 aromatic rings. The monoisotopic (exact) mass is 278 g/mol. The number of rotatable bonds is 4. The van der Waals surface area contributed by atoms with Crippen molar-refractivity contribution in [3.8, 4) is 0 Å². The molecule has 1 amide bonds. The number of fused-ring (bicyclic) bond motifs is 1. The Hall–Kier alpha value is -1.36. The van der Waals surface area contributed by atoms with Crippen LogP contribution in [0.15, 0.2) is 0 Å². The van der Waals surface area contributed by atoms with E-state index >= 15 is 0 Å². The number of hydrogen-bond donors (Lipinski definition) is 1. The summed E-state index contributed by atoms with van der Waals surface area (Å²) < 4.78 is 2.08. The van der Waals surface area contributed by atoms with Crippen molar-refractivity contribution < 1.29 is 4.79 Å². The van der Waals surface area contributed by atoms with E-state index in [9.17, 15) is 4.79 Å². The van der Waals surface area contributed by atoms with Gasteiger partial charge in [-0.2, -0.15) is 5.10 Å². The van der Waals surface area contributed by atoms with Gasteiger partial charge in [-0.3, -0.25) is 9.48 Å². The standard InChI is InChI=1S/C15H26N4O/c1-10(2)16-6-7-19-12(4)14-9-18(13(5)20)11(3)8-15(14)17-19/h10-11,16H,6-9H2,1-5H3/t11-/m1/s1. The van der Waals surface area contributed by atoms with Gasteiger partial charge in [-0.05, 0) is 13.8 Å². The van der Waals surface area contributed by atoms with Crippen molar-refractivity contribution in [1.82, 2.24) is 20.0 Å². The molecule has 1 N–H and O–H groups in total. The van der Waals surface area contributed by atoms with Gasteiger partial charge in [-0.25, -0.2) is 0 Å². The number of hydrogen-bond acceptors (Lipinski definition) is 3. The van der Waals surface area contributed by atoms with Crippen LogP contribution in [0, 0.1) is 6.92 Å². The summed E-state index contributed by atoms with van der Waals surface area (Å²) in [5.74, 6) is 0.150. The van der Waals surface area contributed by atoms with E-state index in [1.807, 2.05) is 4.90 Å². The summed E-state index contributed by atoms with van der Waals surface area (Å²) in [5.41, 5.74) is 3.60. The van der Waals surface area contributed by atoms with Crippen molar-refractivity contribution in [3.63, 3.8) is 0 Å². The first kappa shape index (κ1) is 15.0. The van der Waals surface area contributed by atoms with E-state index in [1.54, 1.807) is 6.92 Å². The molecule has 2 heterocycles. The van der Waals surface area contributed by atoms with Gasteiger partial charge in [0, 0.05) is 49.8 Å². The minimum atomic E-state index is 0.150. The summed E-state index contributed by atoms with van der Waals surface area (Å²) in [7, 11) is 0. The first-order valence-electron chi connectivity index (χ1n) is 7.46. The molecular weight excluding hydrogens is 252 g/mol. The maximum Gasteiger partial charge on any atom is 0.219 e. The molecule has 0 spiro atoms. The minimum absolute atomic E-state index is 0.150. The van der Waals surface area contributed by atoms with E-state index in [0.717, 1.165) is 25.2 Å². The van der Waals surface area contributed by atoms with Gasteiger partial charge in [0.2, 0.25) is 5.91 Å². The molecule has 1 aliphatic rings. The van der Waals surface area contributed by atoms with Crippen molar-refractivity contribution in [2.75, 3.05) is 6.54 Å². The van der Waals surface area contributed by atoms with Crippen LogP contribution < -0.4 is 5.32 Å². The average molecular weight is 278 g/mol. The Labute approximate surface area is 121 Å². The number of carbonyl (C=O) groups is 1. The summed E-state index contributed by atoms with van der Waals surface area (Å²) >= 11 is 0. The Morgan fingerprint density at radius 1 is 1.50 bits per heavy atom. The van der Waals surface area contributed by atoms with Gasteiger partial charge in [0.15, 0.2) is 0 Å². The lowest BCUT2D eigenvalue weighted by molar-refractivity contribution is -0.131. The highest BCUT2D eigenvalue weighted by atomic mass is 16.2. The summed E-state index contributed by atoms with van der Waals surface area (Å²) in [6.07, 6.45) is 0.861. The Morgan fingerprint density at radius 2 is 2.20 bits per heavy atom. The summed E-state index contributed by atoms with van der Waals surface area (Å²) in [5, 5.41) is 8.14. The van der Waals surface area contributed by atoms with Crippen LogP contribution in [0.3, 0.4) is 0 Å². The zero-order valence-electron chi connectivity index (χ0n) is 13.2. The van der Waals surface area contributed by atoms with Crippen LogP contribution in [0.1, 0.15) is 44.6 Å².